The summed E-state index contributed by atoms with van der Waals surface area (Å²) in [5.74, 6) is 0. The molecule has 26 heavy (non-hydrogen) atoms. The van der Waals surface area contributed by atoms with Crippen molar-refractivity contribution in [2.45, 2.75) is 18.4 Å². The monoisotopic (exact) mass is 369 g/mol. The molecule has 2 aromatic carbocycles. The number of aromatic nitrogens is 4. The molecular weight excluding hydrogens is 354 g/mol. The van der Waals surface area contributed by atoms with Crippen LogP contribution in [0.5, 0.6) is 0 Å². The van der Waals surface area contributed by atoms with Gasteiger partial charge in [-0.05, 0) is 40.5 Å². The molecule has 0 aliphatic carbocycles. The lowest BCUT2D eigenvalue weighted by Gasteiger charge is -2.06. The van der Waals surface area contributed by atoms with Crippen molar-refractivity contribution in [2.75, 3.05) is 4.72 Å². The summed E-state index contributed by atoms with van der Waals surface area (Å²) < 4.78 is 34.2. The predicted octanol–water partition coefficient (Wildman–Crippen LogP) is 2.58. The van der Waals surface area contributed by atoms with Gasteiger partial charge in [0.2, 0.25) is 0 Å². The molecule has 0 aliphatic rings. The fourth-order valence-corrected chi connectivity index (χ4v) is 3.85. The van der Waals surface area contributed by atoms with Crippen LogP contribution in [0.15, 0.2) is 64.4 Å². The van der Waals surface area contributed by atoms with Crippen molar-refractivity contribution in [1.29, 1.82) is 0 Å². The molecule has 0 bridgehead atoms. The number of fused-ring (bicyclic) bond motifs is 1. The second kappa shape index (κ2) is 6.26. The van der Waals surface area contributed by atoms with Crippen LogP contribution in [0.1, 0.15) is 11.1 Å². The predicted molar refractivity (Wildman–Crippen MR) is 95.1 cm³/mol. The van der Waals surface area contributed by atoms with Crippen LogP contribution >= 0.6 is 0 Å². The summed E-state index contributed by atoms with van der Waals surface area (Å²) in [6, 6.07) is 12.6. The number of nitrogens with one attached hydrogen (secondary N) is 1. The highest BCUT2D eigenvalue weighted by Crippen LogP contribution is 2.22. The average Bonchev–Trinajstić information content (AvgIpc) is 3.25. The Morgan fingerprint density at radius 3 is 2.81 bits per heavy atom. The molecule has 1 N–H and O–H groups in total. The van der Waals surface area contributed by atoms with E-state index in [9.17, 15) is 8.42 Å². The third-order valence-electron chi connectivity index (χ3n) is 4.02. The number of aryl methyl sites for hydroxylation is 1. The van der Waals surface area contributed by atoms with Crippen molar-refractivity contribution in [2.24, 2.45) is 0 Å². The molecule has 0 radical (unpaired) electrons. The molecule has 2 aromatic heterocycles. The van der Waals surface area contributed by atoms with E-state index in [2.05, 4.69) is 24.8 Å². The number of hydrogen-bond acceptors (Lipinski definition) is 6. The normalized spacial score (nSPS) is 11.7. The molecule has 4 rings (SSSR count). The highest BCUT2D eigenvalue weighted by Gasteiger charge is 2.21. The highest BCUT2D eigenvalue weighted by atomic mass is 32.2. The summed E-state index contributed by atoms with van der Waals surface area (Å²) in [6.45, 7) is 2.58. The van der Waals surface area contributed by atoms with E-state index in [1.54, 1.807) is 23.0 Å². The van der Waals surface area contributed by atoms with E-state index in [4.69, 9.17) is 0 Å². The number of nitrogens with zero attached hydrogens (tertiary/aromatic N) is 4. The van der Waals surface area contributed by atoms with Crippen LogP contribution < -0.4 is 4.72 Å². The quantitative estimate of drug-likeness (QED) is 0.580. The highest BCUT2D eigenvalue weighted by molar-refractivity contribution is 7.93. The Bertz CT molecular complexity index is 1180. The van der Waals surface area contributed by atoms with Crippen LogP contribution in [0.25, 0.3) is 11.0 Å². The molecule has 0 unspecified atom stereocenters. The van der Waals surface area contributed by atoms with Gasteiger partial charge < -0.3 is 0 Å². The van der Waals surface area contributed by atoms with Gasteiger partial charge in [0, 0.05) is 6.20 Å². The molecule has 2 heterocycles. The van der Waals surface area contributed by atoms with Crippen LogP contribution in [0.2, 0.25) is 0 Å². The van der Waals surface area contributed by atoms with Gasteiger partial charge in [-0.1, -0.05) is 30.3 Å². The molecule has 132 valence electrons. The van der Waals surface area contributed by atoms with Gasteiger partial charge >= 0.3 is 0 Å². The summed E-state index contributed by atoms with van der Waals surface area (Å²) in [4.78, 5) is 0.00269. The Morgan fingerprint density at radius 1 is 1.12 bits per heavy atom. The van der Waals surface area contributed by atoms with Crippen molar-refractivity contribution >= 4 is 26.7 Å². The maximum Gasteiger partial charge on any atom is 0.264 e. The Kier molecular flexibility index (Phi) is 3.92. The first kappa shape index (κ1) is 16.3. The van der Waals surface area contributed by atoms with Crippen LogP contribution in [0.4, 0.5) is 5.69 Å². The van der Waals surface area contributed by atoms with E-state index in [1.165, 1.54) is 12.3 Å². The van der Waals surface area contributed by atoms with Crippen LogP contribution in [-0.4, -0.2) is 28.5 Å². The minimum atomic E-state index is -3.84. The molecule has 0 amide bonds. The summed E-state index contributed by atoms with van der Waals surface area (Å²) in [7, 11) is -3.84. The number of hydrogen-bond donors (Lipinski definition) is 1. The second-order valence-corrected chi connectivity index (χ2v) is 7.50. The average molecular weight is 369 g/mol. The second-order valence-electron chi connectivity index (χ2n) is 5.85. The fourth-order valence-electron chi connectivity index (χ4n) is 2.67. The molecule has 0 saturated carbocycles. The van der Waals surface area contributed by atoms with Gasteiger partial charge in [-0.25, -0.2) is 13.0 Å². The molecule has 0 spiro atoms. The largest absolute Gasteiger partial charge is 0.276 e. The lowest BCUT2D eigenvalue weighted by Crippen LogP contribution is -2.13. The van der Waals surface area contributed by atoms with Crippen LogP contribution in [0, 0.1) is 6.92 Å². The van der Waals surface area contributed by atoms with Crippen molar-refractivity contribution in [3.63, 3.8) is 0 Å². The van der Waals surface area contributed by atoms with E-state index in [0.29, 0.717) is 17.7 Å². The molecule has 0 aliphatic heterocycles. The summed E-state index contributed by atoms with van der Waals surface area (Å²) in [5.41, 5.74) is 3.20. The zero-order chi connectivity index (χ0) is 18.1. The van der Waals surface area contributed by atoms with Crippen molar-refractivity contribution < 1.29 is 13.0 Å². The molecule has 0 atom stereocenters. The molecule has 8 nitrogen and oxygen atoms in total. The smallest absolute Gasteiger partial charge is 0.264 e. The van der Waals surface area contributed by atoms with Crippen molar-refractivity contribution in [3.05, 3.63) is 66.0 Å². The SMILES string of the molecule is Cc1ccccc1Cn1cc(NS(=O)(=O)c2cccc3nonc23)cn1. The van der Waals surface area contributed by atoms with Gasteiger partial charge in [-0.2, -0.15) is 5.10 Å². The first-order chi connectivity index (χ1) is 12.5. The maximum atomic E-state index is 12.7. The van der Waals surface area contributed by atoms with E-state index < -0.39 is 10.0 Å². The van der Waals surface area contributed by atoms with Gasteiger partial charge in [-0.15, -0.1) is 0 Å². The fraction of sp³-hybridized carbons (Fsp3) is 0.118. The number of sulfonamides is 1. The van der Waals surface area contributed by atoms with Gasteiger partial charge in [0.1, 0.15) is 10.4 Å². The number of anilines is 1. The third-order valence-corrected chi connectivity index (χ3v) is 5.43. The lowest BCUT2D eigenvalue weighted by molar-refractivity contribution is 0.315. The zero-order valence-corrected chi connectivity index (χ0v) is 14.6. The zero-order valence-electron chi connectivity index (χ0n) is 13.8. The minimum absolute atomic E-state index is 0.00269. The van der Waals surface area contributed by atoms with Crippen molar-refractivity contribution in [1.82, 2.24) is 20.1 Å². The topological polar surface area (TPSA) is 103 Å². The van der Waals surface area contributed by atoms with Crippen LogP contribution in [-0.2, 0) is 16.6 Å². The lowest BCUT2D eigenvalue weighted by atomic mass is 10.1. The Balaban J connectivity index is 1.59. The van der Waals surface area contributed by atoms with Crippen LogP contribution in [0.3, 0.4) is 0 Å². The maximum absolute atomic E-state index is 12.7. The molecule has 4 aromatic rings. The Labute approximate surface area is 149 Å². The molecule has 0 saturated heterocycles. The summed E-state index contributed by atoms with van der Waals surface area (Å²) in [5, 5.41) is 11.6. The standard InChI is InChI=1S/C17H15N5O3S/c1-12-5-2-3-6-13(12)10-22-11-14(9-18-22)21-26(23,24)16-8-4-7-15-17(16)20-25-19-15/h2-9,11,21H,10H2,1H3. The van der Waals surface area contributed by atoms with Crippen molar-refractivity contribution in [3.8, 4) is 0 Å². The number of benzene rings is 2. The molecular formula is C17H15N5O3S. The van der Waals surface area contributed by atoms with E-state index in [1.807, 2.05) is 31.2 Å². The summed E-state index contributed by atoms with van der Waals surface area (Å²) in [6.07, 6.45) is 3.11. The van der Waals surface area contributed by atoms with Gasteiger partial charge in [-0.3, -0.25) is 9.40 Å². The summed E-state index contributed by atoms with van der Waals surface area (Å²) >= 11 is 0. The molecule has 9 heteroatoms. The van der Waals surface area contributed by atoms with E-state index >= 15 is 0 Å². The first-order valence-electron chi connectivity index (χ1n) is 7.84. The number of rotatable bonds is 5. The first-order valence-corrected chi connectivity index (χ1v) is 9.32. The van der Waals surface area contributed by atoms with Gasteiger partial charge in [0.25, 0.3) is 10.0 Å². The van der Waals surface area contributed by atoms with Gasteiger partial charge in [0.05, 0.1) is 18.4 Å². The Hall–Kier alpha value is -3.20. The third kappa shape index (κ3) is 3.04. The van der Waals surface area contributed by atoms with E-state index in [-0.39, 0.29) is 10.4 Å². The minimum Gasteiger partial charge on any atom is -0.276 e. The van der Waals surface area contributed by atoms with E-state index in [0.717, 1.165) is 11.1 Å². The van der Waals surface area contributed by atoms with Gasteiger partial charge in [0.15, 0.2) is 5.52 Å². The Morgan fingerprint density at radius 2 is 1.96 bits per heavy atom. The molecule has 0 fully saturated rings.